The molecule has 19 heavy (non-hydrogen) atoms. The van der Waals surface area contributed by atoms with E-state index < -0.39 is 0 Å². The van der Waals surface area contributed by atoms with E-state index in [1.807, 2.05) is 36.1 Å². The SMILES string of the molecule is Cc1cnn(-c2cccc(N3CCN[C@H](C)C3)n2)c1. The van der Waals surface area contributed by atoms with Gasteiger partial charge in [-0.1, -0.05) is 6.07 Å². The van der Waals surface area contributed by atoms with Crippen LogP contribution < -0.4 is 10.2 Å². The molecule has 5 heteroatoms. The van der Waals surface area contributed by atoms with E-state index in [1.165, 1.54) is 0 Å². The van der Waals surface area contributed by atoms with Gasteiger partial charge in [-0.3, -0.25) is 0 Å². The topological polar surface area (TPSA) is 46.0 Å². The normalized spacial score (nSPS) is 19.7. The molecule has 3 rings (SSSR count). The molecule has 1 fully saturated rings. The molecule has 2 aromatic heterocycles. The second-order valence-corrected chi connectivity index (χ2v) is 5.12. The van der Waals surface area contributed by atoms with Gasteiger partial charge in [-0.15, -0.1) is 0 Å². The summed E-state index contributed by atoms with van der Waals surface area (Å²) >= 11 is 0. The van der Waals surface area contributed by atoms with Crippen LogP contribution in [0.2, 0.25) is 0 Å². The Morgan fingerprint density at radius 1 is 1.32 bits per heavy atom. The molecule has 1 aliphatic heterocycles. The average Bonchev–Trinajstić information content (AvgIpc) is 2.86. The number of anilines is 1. The maximum absolute atomic E-state index is 4.71. The number of hydrogen-bond donors (Lipinski definition) is 1. The van der Waals surface area contributed by atoms with E-state index in [1.54, 1.807) is 0 Å². The molecule has 2 aromatic rings. The minimum absolute atomic E-state index is 0.506. The van der Waals surface area contributed by atoms with Gasteiger partial charge in [0, 0.05) is 31.9 Å². The van der Waals surface area contributed by atoms with Crippen molar-refractivity contribution in [2.24, 2.45) is 0 Å². The molecule has 1 atom stereocenters. The minimum Gasteiger partial charge on any atom is -0.354 e. The van der Waals surface area contributed by atoms with Crippen LogP contribution in [0.1, 0.15) is 12.5 Å². The van der Waals surface area contributed by atoms with Gasteiger partial charge in [0.05, 0.1) is 6.20 Å². The molecule has 1 aliphatic rings. The fourth-order valence-corrected chi connectivity index (χ4v) is 2.39. The molecule has 0 bridgehead atoms. The molecular weight excluding hydrogens is 238 g/mol. The molecule has 1 saturated heterocycles. The van der Waals surface area contributed by atoms with Gasteiger partial charge in [0.25, 0.3) is 0 Å². The van der Waals surface area contributed by atoms with Crippen molar-refractivity contribution in [1.29, 1.82) is 0 Å². The van der Waals surface area contributed by atoms with E-state index in [-0.39, 0.29) is 0 Å². The molecular formula is C14H19N5. The fourth-order valence-electron chi connectivity index (χ4n) is 2.39. The third kappa shape index (κ3) is 2.61. The molecule has 0 aliphatic carbocycles. The maximum atomic E-state index is 4.71. The number of rotatable bonds is 2. The Hall–Kier alpha value is -1.88. The summed E-state index contributed by atoms with van der Waals surface area (Å²) in [6.07, 6.45) is 3.84. The largest absolute Gasteiger partial charge is 0.354 e. The number of aromatic nitrogens is 3. The van der Waals surface area contributed by atoms with Crippen molar-refractivity contribution in [3.8, 4) is 5.82 Å². The zero-order chi connectivity index (χ0) is 13.2. The van der Waals surface area contributed by atoms with Gasteiger partial charge in [-0.2, -0.15) is 5.10 Å². The lowest BCUT2D eigenvalue weighted by atomic mass is 10.2. The molecule has 0 saturated carbocycles. The summed E-state index contributed by atoms with van der Waals surface area (Å²) in [6, 6.07) is 6.60. The summed E-state index contributed by atoms with van der Waals surface area (Å²) in [4.78, 5) is 7.03. The van der Waals surface area contributed by atoms with E-state index in [4.69, 9.17) is 4.98 Å². The second-order valence-electron chi connectivity index (χ2n) is 5.12. The van der Waals surface area contributed by atoms with Gasteiger partial charge in [-0.05, 0) is 31.5 Å². The first-order chi connectivity index (χ1) is 9.22. The summed E-state index contributed by atoms with van der Waals surface area (Å²) in [5.74, 6) is 1.90. The molecule has 0 amide bonds. The average molecular weight is 257 g/mol. The van der Waals surface area contributed by atoms with Crippen LogP contribution in [0.4, 0.5) is 5.82 Å². The predicted molar refractivity (Wildman–Crippen MR) is 75.8 cm³/mol. The molecule has 5 nitrogen and oxygen atoms in total. The van der Waals surface area contributed by atoms with Crippen LogP contribution in [-0.2, 0) is 0 Å². The Morgan fingerprint density at radius 2 is 2.16 bits per heavy atom. The number of nitrogens with zero attached hydrogens (tertiary/aromatic N) is 4. The molecule has 0 radical (unpaired) electrons. The molecule has 100 valence electrons. The lowest BCUT2D eigenvalue weighted by molar-refractivity contribution is 0.482. The van der Waals surface area contributed by atoms with Crippen molar-refractivity contribution in [3.05, 3.63) is 36.2 Å². The van der Waals surface area contributed by atoms with Gasteiger partial charge in [0.1, 0.15) is 5.82 Å². The second kappa shape index (κ2) is 5.01. The van der Waals surface area contributed by atoms with Crippen molar-refractivity contribution in [1.82, 2.24) is 20.1 Å². The van der Waals surface area contributed by atoms with Gasteiger partial charge in [0.2, 0.25) is 0 Å². The fraction of sp³-hybridized carbons (Fsp3) is 0.429. The summed E-state index contributed by atoms with van der Waals surface area (Å²) < 4.78 is 1.82. The summed E-state index contributed by atoms with van der Waals surface area (Å²) in [6.45, 7) is 7.24. The first kappa shape index (κ1) is 12.2. The number of aryl methyl sites for hydroxylation is 1. The number of piperazine rings is 1. The van der Waals surface area contributed by atoms with Crippen molar-refractivity contribution in [3.63, 3.8) is 0 Å². The van der Waals surface area contributed by atoms with E-state index in [0.29, 0.717) is 6.04 Å². The predicted octanol–water partition coefficient (Wildman–Crippen LogP) is 1.37. The van der Waals surface area contributed by atoms with Crippen molar-refractivity contribution >= 4 is 5.82 Å². The number of pyridine rings is 1. The van der Waals surface area contributed by atoms with Gasteiger partial charge in [0.15, 0.2) is 5.82 Å². The van der Waals surface area contributed by atoms with Crippen molar-refractivity contribution in [2.75, 3.05) is 24.5 Å². The molecule has 3 heterocycles. The van der Waals surface area contributed by atoms with Gasteiger partial charge in [-0.25, -0.2) is 9.67 Å². The summed E-state index contributed by atoms with van der Waals surface area (Å²) in [5, 5.41) is 7.75. The summed E-state index contributed by atoms with van der Waals surface area (Å²) in [7, 11) is 0. The molecule has 1 N–H and O–H groups in total. The van der Waals surface area contributed by atoms with Crippen molar-refractivity contribution < 1.29 is 0 Å². The number of nitrogens with one attached hydrogen (secondary N) is 1. The van der Waals surface area contributed by atoms with Crippen molar-refractivity contribution in [2.45, 2.75) is 19.9 Å². The van der Waals surface area contributed by atoms with Crippen LogP contribution in [0.3, 0.4) is 0 Å². The highest BCUT2D eigenvalue weighted by molar-refractivity contribution is 5.43. The third-order valence-electron chi connectivity index (χ3n) is 3.36. The van der Waals surface area contributed by atoms with Crippen LogP contribution >= 0.6 is 0 Å². The van der Waals surface area contributed by atoms with E-state index in [2.05, 4.69) is 28.3 Å². The smallest absolute Gasteiger partial charge is 0.155 e. The third-order valence-corrected chi connectivity index (χ3v) is 3.36. The Kier molecular flexibility index (Phi) is 3.21. The zero-order valence-electron chi connectivity index (χ0n) is 11.4. The van der Waals surface area contributed by atoms with E-state index in [0.717, 1.165) is 36.8 Å². The Labute approximate surface area is 113 Å². The van der Waals surface area contributed by atoms with Crippen LogP contribution in [0.15, 0.2) is 30.6 Å². The van der Waals surface area contributed by atoms with Gasteiger partial charge >= 0.3 is 0 Å². The Morgan fingerprint density at radius 3 is 2.89 bits per heavy atom. The first-order valence-electron chi connectivity index (χ1n) is 6.69. The quantitative estimate of drug-likeness (QED) is 0.882. The van der Waals surface area contributed by atoms with Crippen LogP contribution in [0.25, 0.3) is 5.82 Å². The Balaban J connectivity index is 1.87. The zero-order valence-corrected chi connectivity index (χ0v) is 11.4. The molecule has 0 unspecified atom stereocenters. The lowest BCUT2D eigenvalue weighted by Crippen LogP contribution is -2.49. The van der Waals surface area contributed by atoms with E-state index in [9.17, 15) is 0 Å². The highest BCUT2D eigenvalue weighted by atomic mass is 15.3. The highest BCUT2D eigenvalue weighted by Gasteiger charge is 2.17. The first-order valence-corrected chi connectivity index (χ1v) is 6.69. The van der Waals surface area contributed by atoms with Gasteiger partial charge < -0.3 is 10.2 Å². The monoisotopic (exact) mass is 257 g/mol. The lowest BCUT2D eigenvalue weighted by Gasteiger charge is -2.32. The molecule has 0 spiro atoms. The van der Waals surface area contributed by atoms with Crippen LogP contribution in [0, 0.1) is 6.92 Å². The molecule has 0 aromatic carbocycles. The summed E-state index contributed by atoms with van der Waals surface area (Å²) in [5.41, 5.74) is 1.14. The standard InChI is InChI=1S/C14H19N5/c1-11-8-16-19(9-11)14-5-3-4-13(17-14)18-7-6-15-12(2)10-18/h3-5,8-9,12,15H,6-7,10H2,1-2H3/t12-/m1/s1. The van der Waals surface area contributed by atoms with E-state index >= 15 is 0 Å². The highest BCUT2D eigenvalue weighted by Crippen LogP contribution is 2.15. The maximum Gasteiger partial charge on any atom is 0.155 e. The van der Waals surface area contributed by atoms with Crippen LogP contribution in [-0.4, -0.2) is 40.4 Å². The Bertz CT molecular complexity index is 562. The van der Waals surface area contributed by atoms with Crippen LogP contribution in [0.5, 0.6) is 0 Å². The minimum atomic E-state index is 0.506. The number of hydrogen-bond acceptors (Lipinski definition) is 4.